The van der Waals surface area contributed by atoms with Gasteiger partial charge in [-0.3, -0.25) is 0 Å². The maximum atomic E-state index is 11.8. The van der Waals surface area contributed by atoms with Gasteiger partial charge in [-0.15, -0.1) is 0 Å². The summed E-state index contributed by atoms with van der Waals surface area (Å²) in [6.07, 6.45) is 1.48. The van der Waals surface area contributed by atoms with Crippen LogP contribution in [0.25, 0.3) is 0 Å². The fourth-order valence-electron chi connectivity index (χ4n) is 2.31. The van der Waals surface area contributed by atoms with Crippen molar-refractivity contribution in [1.82, 2.24) is 10.6 Å². The van der Waals surface area contributed by atoms with Gasteiger partial charge in [0.2, 0.25) is 0 Å². The molecular weight excluding hydrogens is 292 g/mol. The lowest BCUT2D eigenvalue weighted by Gasteiger charge is -2.28. The Morgan fingerprint density at radius 2 is 1.74 bits per heavy atom. The number of nitrogens with one attached hydrogen (secondary N) is 2. The second-order valence-electron chi connectivity index (χ2n) is 8.51. The van der Waals surface area contributed by atoms with Crippen molar-refractivity contribution in [3.8, 4) is 0 Å². The fourth-order valence-corrected chi connectivity index (χ4v) is 2.31. The quantitative estimate of drug-likeness (QED) is 0.575. The molecule has 0 aliphatic heterocycles. The summed E-state index contributed by atoms with van der Waals surface area (Å²) in [6, 6.07) is 0. The largest absolute Gasteiger partial charge is 0.444 e. The van der Waals surface area contributed by atoms with Gasteiger partial charge in [0.25, 0.3) is 0 Å². The average molecular weight is 331 g/mol. The molecule has 0 aromatic rings. The Labute approximate surface area is 142 Å². The molecule has 0 spiro atoms. The van der Waals surface area contributed by atoms with Crippen LogP contribution in [0.2, 0.25) is 0 Å². The summed E-state index contributed by atoms with van der Waals surface area (Å²) < 4.78 is 5.28. The second-order valence-corrected chi connectivity index (χ2v) is 8.51. The summed E-state index contributed by atoms with van der Waals surface area (Å²) in [4.78, 5) is 11.8. The summed E-state index contributed by atoms with van der Waals surface area (Å²) >= 11 is 0. The van der Waals surface area contributed by atoms with Crippen molar-refractivity contribution >= 4 is 6.09 Å². The Hall–Kier alpha value is -0.810. The van der Waals surface area contributed by atoms with Crippen molar-refractivity contribution in [2.24, 2.45) is 17.3 Å². The number of aliphatic hydroxyl groups is 1. The van der Waals surface area contributed by atoms with Gasteiger partial charge >= 0.3 is 6.09 Å². The molecule has 1 atom stereocenters. The summed E-state index contributed by atoms with van der Waals surface area (Å²) in [5.41, 5.74) is -0.296. The molecule has 5 nitrogen and oxygen atoms in total. The first-order chi connectivity index (χ1) is 10.5. The number of hydrogen-bond acceptors (Lipinski definition) is 4. The van der Waals surface area contributed by atoms with Crippen LogP contribution in [-0.4, -0.2) is 43.0 Å². The van der Waals surface area contributed by atoms with Gasteiger partial charge < -0.3 is 20.5 Å². The molecule has 0 aromatic carbocycles. The van der Waals surface area contributed by atoms with Crippen LogP contribution in [0.1, 0.15) is 61.3 Å². The van der Waals surface area contributed by atoms with Gasteiger partial charge in [-0.05, 0) is 57.4 Å². The molecule has 23 heavy (non-hydrogen) atoms. The van der Waals surface area contributed by atoms with E-state index in [9.17, 15) is 4.79 Å². The molecule has 0 aromatic heterocycles. The number of carbonyl (C=O) groups is 1. The smallest absolute Gasteiger partial charge is 0.407 e. The van der Waals surface area contributed by atoms with Gasteiger partial charge in [0.05, 0.1) is 0 Å². The minimum atomic E-state index is -0.466. The molecule has 138 valence electrons. The van der Waals surface area contributed by atoms with Crippen molar-refractivity contribution in [3.63, 3.8) is 0 Å². The molecule has 0 fully saturated rings. The average Bonchev–Trinajstić information content (AvgIpc) is 2.37. The van der Waals surface area contributed by atoms with Gasteiger partial charge in [0.1, 0.15) is 5.60 Å². The van der Waals surface area contributed by atoms with E-state index in [1.165, 1.54) is 0 Å². The van der Waals surface area contributed by atoms with Gasteiger partial charge in [-0.25, -0.2) is 4.79 Å². The third-order valence-electron chi connectivity index (χ3n) is 3.87. The minimum Gasteiger partial charge on any atom is -0.444 e. The fraction of sp³-hybridized carbons (Fsp3) is 0.944. The van der Waals surface area contributed by atoms with Crippen molar-refractivity contribution in [2.75, 3.05) is 26.2 Å². The Morgan fingerprint density at radius 1 is 1.13 bits per heavy atom. The molecule has 3 N–H and O–H groups in total. The first-order valence-electron chi connectivity index (χ1n) is 8.75. The zero-order valence-corrected chi connectivity index (χ0v) is 16.2. The number of alkyl carbamates (subject to hydrolysis) is 1. The summed E-state index contributed by atoms with van der Waals surface area (Å²) in [7, 11) is 0. The molecule has 0 radical (unpaired) electrons. The van der Waals surface area contributed by atoms with Crippen LogP contribution < -0.4 is 10.6 Å². The van der Waals surface area contributed by atoms with E-state index in [0.717, 1.165) is 25.9 Å². The predicted molar refractivity (Wildman–Crippen MR) is 95.5 cm³/mol. The molecule has 0 bridgehead atoms. The lowest BCUT2D eigenvalue weighted by molar-refractivity contribution is 0.0514. The maximum Gasteiger partial charge on any atom is 0.407 e. The first-order valence-corrected chi connectivity index (χ1v) is 8.75. The van der Waals surface area contributed by atoms with Crippen LogP contribution in [0.5, 0.6) is 0 Å². The molecule has 0 rings (SSSR count). The second kappa shape index (κ2) is 10.1. The van der Waals surface area contributed by atoms with Crippen LogP contribution >= 0.6 is 0 Å². The summed E-state index contributed by atoms with van der Waals surface area (Å²) in [5, 5.41) is 15.3. The van der Waals surface area contributed by atoms with Crippen LogP contribution in [0, 0.1) is 17.3 Å². The van der Waals surface area contributed by atoms with Crippen molar-refractivity contribution < 1.29 is 14.6 Å². The SMILES string of the molecule is CC(C)C(CNCC(C)(C)CCCO)CNC(=O)OC(C)(C)C. The van der Waals surface area contributed by atoms with E-state index in [0.29, 0.717) is 18.4 Å². The summed E-state index contributed by atoms with van der Waals surface area (Å²) in [5.74, 6) is 0.828. The van der Waals surface area contributed by atoms with E-state index in [4.69, 9.17) is 9.84 Å². The number of ether oxygens (including phenoxy) is 1. The van der Waals surface area contributed by atoms with Gasteiger partial charge in [-0.2, -0.15) is 0 Å². The Morgan fingerprint density at radius 3 is 2.22 bits per heavy atom. The number of carbonyl (C=O) groups excluding carboxylic acids is 1. The van der Waals surface area contributed by atoms with E-state index < -0.39 is 5.60 Å². The molecule has 0 saturated heterocycles. The highest BCUT2D eigenvalue weighted by atomic mass is 16.6. The highest BCUT2D eigenvalue weighted by Crippen LogP contribution is 2.21. The van der Waals surface area contributed by atoms with Crippen LogP contribution in [0.3, 0.4) is 0 Å². The van der Waals surface area contributed by atoms with E-state index >= 15 is 0 Å². The van der Waals surface area contributed by atoms with Crippen LogP contribution in [0.4, 0.5) is 4.79 Å². The van der Waals surface area contributed by atoms with Crippen molar-refractivity contribution in [3.05, 3.63) is 0 Å². The maximum absolute atomic E-state index is 11.8. The molecule has 5 heteroatoms. The van der Waals surface area contributed by atoms with Gasteiger partial charge in [-0.1, -0.05) is 27.7 Å². The van der Waals surface area contributed by atoms with Crippen molar-refractivity contribution in [2.45, 2.75) is 66.9 Å². The highest BCUT2D eigenvalue weighted by Gasteiger charge is 2.21. The van der Waals surface area contributed by atoms with Crippen LogP contribution in [-0.2, 0) is 4.74 Å². The Balaban J connectivity index is 4.20. The monoisotopic (exact) mass is 330 g/mol. The third kappa shape index (κ3) is 12.3. The van der Waals surface area contributed by atoms with E-state index in [2.05, 4.69) is 38.3 Å². The standard InChI is InChI=1S/C18H38N2O3/c1-14(2)15(12-20-16(22)23-17(3,4)5)11-19-13-18(6,7)9-8-10-21/h14-15,19,21H,8-13H2,1-7H3,(H,20,22). The molecule has 1 unspecified atom stereocenters. The van der Waals surface area contributed by atoms with Crippen LogP contribution in [0.15, 0.2) is 0 Å². The minimum absolute atomic E-state index is 0.169. The number of amides is 1. The molecule has 0 aliphatic rings. The lowest BCUT2D eigenvalue weighted by Crippen LogP contribution is -2.41. The zero-order chi connectivity index (χ0) is 18.1. The Kier molecular flexibility index (Phi) is 9.78. The van der Waals surface area contributed by atoms with Crippen molar-refractivity contribution in [1.29, 1.82) is 0 Å². The van der Waals surface area contributed by atoms with Gasteiger partial charge in [0, 0.05) is 19.7 Å². The normalized spacial score (nSPS) is 14.0. The van der Waals surface area contributed by atoms with E-state index in [1.807, 2.05) is 20.8 Å². The molecule has 0 aliphatic carbocycles. The predicted octanol–water partition coefficient (Wildman–Crippen LogP) is 3.17. The Bertz CT molecular complexity index is 336. The zero-order valence-electron chi connectivity index (χ0n) is 16.2. The molecule has 0 saturated carbocycles. The lowest BCUT2D eigenvalue weighted by atomic mass is 9.87. The topological polar surface area (TPSA) is 70.6 Å². The highest BCUT2D eigenvalue weighted by molar-refractivity contribution is 5.67. The number of aliphatic hydroxyl groups excluding tert-OH is 1. The molecule has 0 heterocycles. The van der Waals surface area contributed by atoms with E-state index in [1.54, 1.807) is 0 Å². The number of rotatable bonds is 10. The van der Waals surface area contributed by atoms with Gasteiger partial charge in [0.15, 0.2) is 0 Å². The molecular formula is C18H38N2O3. The van der Waals surface area contributed by atoms with E-state index in [-0.39, 0.29) is 18.1 Å². The number of hydrogen-bond donors (Lipinski definition) is 3. The summed E-state index contributed by atoms with van der Waals surface area (Å²) in [6.45, 7) is 17.0. The first kappa shape index (κ1) is 22.2. The third-order valence-corrected chi connectivity index (χ3v) is 3.87. The molecule has 1 amide bonds.